The van der Waals surface area contributed by atoms with E-state index in [1.165, 1.54) is 70.1 Å². The number of hydrogen-bond donors (Lipinski definition) is 0. The molecule has 4 aliphatic rings. The van der Waals surface area contributed by atoms with E-state index < -0.39 is 0 Å². The van der Waals surface area contributed by atoms with Gasteiger partial charge in [0.25, 0.3) is 6.71 Å². The van der Waals surface area contributed by atoms with Crippen molar-refractivity contribution in [3.8, 4) is 11.1 Å². The molecule has 0 fully saturated rings. The lowest BCUT2D eigenvalue weighted by atomic mass is 9.33. The van der Waals surface area contributed by atoms with E-state index in [1.54, 1.807) is 12.1 Å². The maximum atomic E-state index is 14.1. The number of nitrogens with zero attached hydrogens (tertiary/aromatic N) is 2. The van der Waals surface area contributed by atoms with Gasteiger partial charge in [0, 0.05) is 31.0 Å². The number of rotatable bonds is 1. The van der Waals surface area contributed by atoms with Crippen LogP contribution in [0.15, 0.2) is 141 Å². The van der Waals surface area contributed by atoms with Gasteiger partial charge in [-0.3, -0.25) is 0 Å². The van der Waals surface area contributed by atoms with Gasteiger partial charge in [-0.05, 0) is 88.2 Å². The van der Waals surface area contributed by atoms with Crippen molar-refractivity contribution in [2.24, 2.45) is 0 Å². The van der Waals surface area contributed by atoms with Crippen LogP contribution in [-0.4, -0.2) is 6.71 Å². The molecule has 0 amide bonds. The Bertz CT molecular complexity index is 2020. The van der Waals surface area contributed by atoms with Gasteiger partial charge in [0.1, 0.15) is 5.82 Å². The van der Waals surface area contributed by atoms with Crippen LogP contribution in [0, 0.1) is 5.82 Å². The minimum atomic E-state index is -0.223. The maximum absolute atomic E-state index is 14.1. The average molecular weight is 575 g/mol. The molecule has 6 aromatic carbocycles. The number of halogens is 1. The van der Waals surface area contributed by atoms with E-state index in [1.807, 2.05) is 35.7 Å². The Balaban J connectivity index is 1.37. The highest BCUT2D eigenvalue weighted by molar-refractivity contribution is 8.00. The van der Waals surface area contributed by atoms with Gasteiger partial charge in [-0.2, -0.15) is 0 Å². The van der Waals surface area contributed by atoms with Gasteiger partial charge in [0.15, 0.2) is 0 Å². The molecule has 2 nitrogen and oxygen atoms in total. The fraction of sp³-hybridized carbons (Fsp3) is 0. The zero-order valence-electron chi connectivity index (χ0n) is 22.2. The van der Waals surface area contributed by atoms with E-state index in [-0.39, 0.29) is 12.5 Å². The molecule has 42 heavy (non-hydrogen) atoms. The fourth-order valence-corrected chi connectivity index (χ4v) is 9.40. The van der Waals surface area contributed by atoms with Crippen LogP contribution in [0.25, 0.3) is 11.1 Å². The average Bonchev–Trinajstić information content (AvgIpc) is 3.03. The smallest absolute Gasteiger partial charge is 0.252 e. The van der Waals surface area contributed by atoms with Crippen LogP contribution in [0.4, 0.5) is 38.5 Å². The van der Waals surface area contributed by atoms with Gasteiger partial charge < -0.3 is 9.80 Å². The fourth-order valence-electron chi connectivity index (χ4n) is 7.20. The standard InChI is InChI=1S/C36H20BFN2S2/c38-23-17-15-21(16-18-23)22-19-28-34-29(20-22)40-27-10-2-4-12-31(27)42-33-14-6-8-25(36(33)40)37(34)24-7-5-13-32-35(24)39(28)26-9-1-3-11-30(26)41-32/h1-20H. The number of hydrogen-bond acceptors (Lipinski definition) is 4. The van der Waals surface area contributed by atoms with E-state index in [4.69, 9.17) is 0 Å². The second-order valence-electron chi connectivity index (χ2n) is 11.1. The molecule has 0 saturated heterocycles. The van der Waals surface area contributed by atoms with Gasteiger partial charge in [0.05, 0.1) is 22.7 Å². The molecule has 0 spiro atoms. The van der Waals surface area contributed by atoms with Gasteiger partial charge in [-0.15, -0.1) is 0 Å². The summed E-state index contributed by atoms with van der Waals surface area (Å²) in [5.41, 5.74) is 13.4. The van der Waals surface area contributed by atoms with E-state index in [0.29, 0.717) is 0 Å². The van der Waals surface area contributed by atoms with Crippen LogP contribution in [-0.2, 0) is 0 Å². The third-order valence-electron chi connectivity index (χ3n) is 8.87. The Hall–Kier alpha value is -4.39. The maximum Gasteiger partial charge on any atom is 0.252 e. The van der Waals surface area contributed by atoms with Crippen molar-refractivity contribution in [1.29, 1.82) is 0 Å². The summed E-state index contributed by atoms with van der Waals surface area (Å²) in [4.78, 5) is 10.0. The first-order valence-corrected chi connectivity index (χ1v) is 15.7. The molecule has 0 bridgehead atoms. The summed E-state index contributed by atoms with van der Waals surface area (Å²) in [5.74, 6) is -0.223. The largest absolute Gasteiger partial charge is 0.309 e. The molecule has 0 atom stereocenters. The molecule has 4 heterocycles. The van der Waals surface area contributed by atoms with Crippen LogP contribution in [0.3, 0.4) is 0 Å². The molecule has 0 saturated carbocycles. The predicted molar refractivity (Wildman–Crippen MR) is 174 cm³/mol. The van der Waals surface area contributed by atoms with Crippen LogP contribution in [0.2, 0.25) is 0 Å². The Kier molecular flexibility index (Phi) is 4.61. The lowest BCUT2D eigenvalue weighted by molar-refractivity contribution is 0.628. The van der Waals surface area contributed by atoms with Crippen LogP contribution in [0.1, 0.15) is 0 Å². The molecule has 6 heteroatoms. The zero-order valence-corrected chi connectivity index (χ0v) is 23.8. The van der Waals surface area contributed by atoms with Crippen molar-refractivity contribution < 1.29 is 4.39 Å². The molecule has 0 radical (unpaired) electrons. The molecule has 0 unspecified atom stereocenters. The van der Waals surface area contributed by atoms with E-state index >= 15 is 0 Å². The monoisotopic (exact) mass is 574 g/mol. The minimum absolute atomic E-state index is 0.103. The SMILES string of the molecule is Fc1ccc(-c2cc3c4c(c2)N2c5ccccc5Sc5cccc(c52)B4c2cccc4c2N3c2ccccc2S4)cc1. The summed E-state index contributed by atoms with van der Waals surface area (Å²) in [7, 11) is 0. The number of para-hydroxylation sites is 4. The molecule has 6 aromatic rings. The summed E-state index contributed by atoms with van der Waals surface area (Å²) in [6, 6.07) is 42.6. The van der Waals surface area contributed by atoms with Crippen molar-refractivity contribution in [3.63, 3.8) is 0 Å². The Morgan fingerprint density at radius 1 is 0.476 bits per heavy atom. The quantitative estimate of drug-likeness (QED) is 0.181. The van der Waals surface area contributed by atoms with E-state index in [9.17, 15) is 4.39 Å². The Labute approximate surface area is 251 Å². The van der Waals surface area contributed by atoms with Crippen molar-refractivity contribution in [1.82, 2.24) is 0 Å². The highest BCUT2D eigenvalue weighted by Crippen LogP contribution is 2.56. The summed E-state index contributed by atoms with van der Waals surface area (Å²) in [5, 5.41) is 0. The van der Waals surface area contributed by atoms with Gasteiger partial charge in [0.2, 0.25) is 0 Å². The second-order valence-corrected chi connectivity index (χ2v) is 13.2. The van der Waals surface area contributed by atoms with Crippen molar-refractivity contribution in [2.75, 3.05) is 9.80 Å². The molecule has 0 N–H and O–H groups in total. The van der Waals surface area contributed by atoms with Crippen molar-refractivity contribution in [2.45, 2.75) is 19.6 Å². The highest BCUT2D eigenvalue weighted by atomic mass is 32.2. The molecule has 10 rings (SSSR count). The third kappa shape index (κ3) is 2.98. The van der Waals surface area contributed by atoms with Gasteiger partial charge in [-0.1, -0.05) is 84.2 Å². The van der Waals surface area contributed by atoms with Gasteiger partial charge >= 0.3 is 0 Å². The normalized spacial score (nSPS) is 14.5. The molecule has 196 valence electrons. The number of benzene rings is 6. The minimum Gasteiger partial charge on any atom is -0.309 e. The molecule has 0 aliphatic carbocycles. The van der Waals surface area contributed by atoms with Crippen molar-refractivity contribution in [3.05, 3.63) is 127 Å². The molecule has 4 aliphatic heterocycles. The third-order valence-corrected chi connectivity index (χ3v) is 11.1. The second kappa shape index (κ2) is 8.34. The first-order chi connectivity index (χ1) is 20.7. The van der Waals surface area contributed by atoms with Gasteiger partial charge in [-0.25, -0.2) is 4.39 Å². The van der Waals surface area contributed by atoms with Crippen LogP contribution >= 0.6 is 23.5 Å². The van der Waals surface area contributed by atoms with Crippen LogP contribution < -0.4 is 26.2 Å². The summed E-state index contributed by atoms with van der Waals surface area (Å²) < 4.78 is 14.1. The zero-order chi connectivity index (χ0) is 27.5. The molecule has 0 aromatic heterocycles. The predicted octanol–water partition coefficient (Wildman–Crippen LogP) is 8.50. The van der Waals surface area contributed by atoms with Crippen molar-refractivity contribution >= 4 is 80.7 Å². The number of fused-ring (bicyclic) bond motifs is 8. The summed E-state index contributed by atoms with van der Waals surface area (Å²) >= 11 is 3.71. The Morgan fingerprint density at radius 3 is 1.52 bits per heavy atom. The number of anilines is 6. The highest BCUT2D eigenvalue weighted by Gasteiger charge is 2.47. The topological polar surface area (TPSA) is 6.48 Å². The van der Waals surface area contributed by atoms with E-state index in [0.717, 1.165) is 11.1 Å². The summed E-state index contributed by atoms with van der Waals surface area (Å²) in [6.07, 6.45) is 0. The lowest BCUT2D eigenvalue weighted by Crippen LogP contribution is -2.62. The molecular weight excluding hydrogens is 554 g/mol. The lowest BCUT2D eigenvalue weighted by Gasteiger charge is -2.47. The van der Waals surface area contributed by atoms with Crippen LogP contribution in [0.5, 0.6) is 0 Å². The first kappa shape index (κ1) is 23.2. The summed E-state index contributed by atoms with van der Waals surface area (Å²) in [6.45, 7) is 0.103. The first-order valence-electron chi connectivity index (χ1n) is 14.1. The van der Waals surface area contributed by atoms with E-state index in [2.05, 4.69) is 107 Å². The Morgan fingerprint density at radius 2 is 0.976 bits per heavy atom. The molecular formula is C36H20BFN2S2.